The van der Waals surface area contributed by atoms with Gasteiger partial charge < -0.3 is 37.9 Å². The van der Waals surface area contributed by atoms with Gasteiger partial charge in [-0.2, -0.15) is 8.42 Å². The van der Waals surface area contributed by atoms with Gasteiger partial charge in [-0.3, -0.25) is 4.55 Å². The van der Waals surface area contributed by atoms with Gasteiger partial charge in [-0.15, -0.1) is 0 Å². The Morgan fingerprint density at radius 2 is 1.24 bits per heavy atom. The van der Waals surface area contributed by atoms with E-state index in [0.29, 0.717) is 37.9 Å². The lowest BCUT2D eigenvalue weighted by Gasteiger charge is -2.35. The second kappa shape index (κ2) is 19.2. The molecule has 54 heavy (non-hydrogen) atoms. The number of rotatable bonds is 18. The fraction of sp³-hybridized carbons (Fsp3) is 0.400. The molecule has 12 nitrogen and oxygen atoms in total. The molecule has 14 heteroatoms. The van der Waals surface area contributed by atoms with Crippen LogP contribution in [0.4, 0.5) is 0 Å². The highest BCUT2D eigenvalue weighted by atomic mass is 32.3. The minimum atomic E-state index is -4.80. The quantitative estimate of drug-likeness (QED) is 0.0979. The van der Waals surface area contributed by atoms with Crippen molar-refractivity contribution in [3.8, 4) is 17.2 Å². The summed E-state index contributed by atoms with van der Waals surface area (Å²) in [4.78, 5) is 0. The average Bonchev–Trinajstić information content (AvgIpc) is 3.52. The Morgan fingerprint density at radius 1 is 0.704 bits per heavy atom. The van der Waals surface area contributed by atoms with Gasteiger partial charge in [0.1, 0.15) is 53.2 Å². The van der Waals surface area contributed by atoms with Crippen LogP contribution in [0, 0.1) is 0 Å². The van der Waals surface area contributed by atoms with E-state index in [0.717, 1.165) is 39.5 Å². The number of benzene rings is 4. The molecule has 290 valence electrons. The molecule has 2 aliphatic rings. The van der Waals surface area contributed by atoms with Gasteiger partial charge in [0.25, 0.3) is 0 Å². The highest BCUT2D eigenvalue weighted by Gasteiger charge is 2.55. The maximum Gasteiger partial charge on any atom is 0.397 e. The minimum Gasteiger partial charge on any atom is -0.497 e. The van der Waals surface area contributed by atoms with Crippen molar-refractivity contribution in [2.75, 3.05) is 46.0 Å². The van der Waals surface area contributed by atoms with Crippen LogP contribution in [0.25, 0.3) is 0 Å². The monoisotopic (exact) mass is 783 g/mol. The van der Waals surface area contributed by atoms with Crippen molar-refractivity contribution in [1.29, 1.82) is 0 Å². The van der Waals surface area contributed by atoms with Crippen LogP contribution in [0.5, 0.6) is 17.2 Å². The summed E-state index contributed by atoms with van der Waals surface area (Å²) in [5, 5.41) is -0.171. The molecule has 7 atom stereocenters. The van der Waals surface area contributed by atoms with Gasteiger partial charge in [-0.05, 0) is 53.1 Å². The van der Waals surface area contributed by atoms with E-state index in [2.05, 4.69) is 0 Å². The van der Waals surface area contributed by atoms with Crippen LogP contribution in [-0.4, -0.2) is 88.7 Å². The number of hydrogen-bond acceptors (Lipinski definition) is 11. The molecule has 2 aliphatic heterocycles. The van der Waals surface area contributed by atoms with Crippen molar-refractivity contribution in [3.05, 3.63) is 125 Å². The maximum absolute atomic E-state index is 12.0. The average molecular weight is 784 g/mol. The third-order valence-electron chi connectivity index (χ3n) is 9.29. The highest BCUT2D eigenvalue weighted by Crippen LogP contribution is 2.35. The van der Waals surface area contributed by atoms with E-state index in [9.17, 15) is 13.0 Å². The summed E-state index contributed by atoms with van der Waals surface area (Å²) >= 11 is 0. The highest BCUT2D eigenvalue weighted by molar-refractivity contribution is 7.97. The first-order valence-corrected chi connectivity index (χ1v) is 20.5. The van der Waals surface area contributed by atoms with Crippen molar-refractivity contribution >= 4 is 21.3 Å². The number of hydrogen-bond donors (Lipinski definition) is 1. The van der Waals surface area contributed by atoms with E-state index in [1.807, 2.05) is 103 Å². The lowest BCUT2D eigenvalue weighted by atomic mass is 10.1. The van der Waals surface area contributed by atoms with Crippen molar-refractivity contribution in [2.24, 2.45) is 0 Å². The Kier molecular flexibility index (Phi) is 14.2. The lowest BCUT2D eigenvalue weighted by molar-refractivity contribution is -0.245. The van der Waals surface area contributed by atoms with Gasteiger partial charge in [0.05, 0.1) is 54.4 Å². The molecule has 6 rings (SSSR count). The van der Waals surface area contributed by atoms with Gasteiger partial charge in [0, 0.05) is 16.5 Å². The van der Waals surface area contributed by atoms with Crippen molar-refractivity contribution in [1.82, 2.24) is 0 Å². The molecule has 2 heterocycles. The maximum atomic E-state index is 12.0. The van der Waals surface area contributed by atoms with Gasteiger partial charge >= 0.3 is 10.4 Å². The summed E-state index contributed by atoms with van der Waals surface area (Å²) in [5.41, 5.74) is 3.71. The predicted molar refractivity (Wildman–Crippen MR) is 203 cm³/mol. The molecular weight excluding hydrogens is 737 g/mol. The zero-order valence-corrected chi connectivity index (χ0v) is 32.1. The molecule has 0 aromatic heterocycles. The second-order valence-electron chi connectivity index (χ2n) is 12.9. The molecule has 4 aromatic carbocycles. The van der Waals surface area contributed by atoms with E-state index in [1.165, 1.54) is 0 Å². The third kappa shape index (κ3) is 11.2. The van der Waals surface area contributed by atoms with E-state index >= 15 is 0 Å². The molecule has 4 aromatic rings. The number of ether oxygens (including phenoxy) is 8. The van der Waals surface area contributed by atoms with E-state index in [-0.39, 0.29) is 18.0 Å². The Balaban J connectivity index is 1.27. The summed E-state index contributed by atoms with van der Waals surface area (Å²) in [6.45, 7) is 1.25. The Bertz CT molecular complexity index is 1830. The Hall–Kier alpha value is -3.70. The van der Waals surface area contributed by atoms with Crippen LogP contribution >= 0.6 is 0 Å². The standard InChI is InChI=1S/C40H46O12S2/c1-44-32-15-9-28(10-16-32)21-47-25-38-39(49-23-30-13-19-34(46-3)20-14-30)37(48-22-29-11-17-33(45-2)18-12-29)27-53(38)26-36-35(52-54(41,42)43)24-50-40(51-36)31-7-5-4-6-8-31/h4-20,35-40H,21-27H2,1-3H3/p+1/t35-,36+,37+,38+,39+,40?,53?/m0/s1. The van der Waals surface area contributed by atoms with E-state index < -0.39 is 45.9 Å². The third-order valence-corrected chi connectivity index (χ3v) is 12.6. The molecule has 0 aliphatic carbocycles. The van der Waals surface area contributed by atoms with Crippen LogP contribution in [-0.2, 0) is 69.0 Å². The first-order chi connectivity index (χ1) is 26.2. The Labute approximate surface area is 319 Å². The van der Waals surface area contributed by atoms with Gasteiger partial charge in [-0.1, -0.05) is 66.7 Å². The van der Waals surface area contributed by atoms with Crippen LogP contribution < -0.4 is 14.2 Å². The molecule has 2 unspecified atom stereocenters. The molecular formula is C40H47O12S2+. The van der Waals surface area contributed by atoms with Gasteiger partial charge in [0.15, 0.2) is 11.5 Å². The SMILES string of the molecule is COc1ccc(COC[C@@H]2[C@H](OCc3ccc(OC)cc3)[C@H](OCc3ccc(OC)cc3)C[S+]2C[C@H]2OC(c3ccccc3)OC[C@@H]2OS(=O)(=O)O)cc1. The molecule has 0 saturated carbocycles. The molecule has 0 bridgehead atoms. The molecule has 0 spiro atoms. The van der Waals surface area contributed by atoms with Crippen LogP contribution in [0.1, 0.15) is 28.5 Å². The summed E-state index contributed by atoms with van der Waals surface area (Å²) in [6.07, 6.45) is -3.31. The molecule has 1 N–H and O–H groups in total. The fourth-order valence-corrected chi connectivity index (χ4v) is 9.88. The zero-order chi connectivity index (χ0) is 37.9. The molecule has 2 fully saturated rings. The van der Waals surface area contributed by atoms with Crippen molar-refractivity contribution < 1.29 is 55.0 Å². The van der Waals surface area contributed by atoms with Crippen LogP contribution in [0.3, 0.4) is 0 Å². The Morgan fingerprint density at radius 3 is 1.78 bits per heavy atom. The largest absolute Gasteiger partial charge is 0.497 e. The molecule has 0 radical (unpaired) electrons. The normalized spacial score (nSPS) is 24.3. The molecule has 0 amide bonds. The first kappa shape index (κ1) is 40.0. The lowest BCUT2D eigenvalue weighted by Crippen LogP contribution is -2.48. The van der Waals surface area contributed by atoms with Gasteiger partial charge in [-0.25, -0.2) is 4.18 Å². The van der Waals surface area contributed by atoms with E-state index in [1.54, 1.807) is 21.3 Å². The second-order valence-corrected chi connectivity index (χ2v) is 16.3. The minimum absolute atomic E-state index is 0.103. The van der Waals surface area contributed by atoms with E-state index in [4.69, 9.17) is 42.1 Å². The van der Waals surface area contributed by atoms with Crippen molar-refractivity contribution in [3.63, 3.8) is 0 Å². The molecule has 2 saturated heterocycles. The van der Waals surface area contributed by atoms with Crippen molar-refractivity contribution in [2.45, 2.75) is 55.8 Å². The number of methoxy groups -OCH3 is 3. The smallest absolute Gasteiger partial charge is 0.397 e. The van der Waals surface area contributed by atoms with Gasteiger partial charge in [0.2, 0.25) is 0 Å². The summed E-state index contributed by atoms with van der Waals surface area (Å²) in [7, 11) is -0.427. The topological polar surface area (TPSA) is 137 Å². The summed E-state index contributed by atoms with van der Waals surface area (Å²) < 4.78 is 87.0. The summed E-state index contributed by atoms with van der Waals surface area (Å²) in [5.74, 6) is 3.23. The first-order valence-electron chi connectivity index (χ1n) is 17.5. The predicted octanol–water partition coefficient (Wildman–Crippen LogP) is 5.70. The van der Waals surface area contributed by atoms with Crippen LogP contribution in [0.2, 0.25) is 0 Å². The summed E-state index contributed by atoms with van der Waals surface area (Å²) in [6, 6.07) is 32.6. The zero-order valence-electron chi connectivity index (χ0n) is 30.5. The fourth-order valence-electron chi connectivity index (χ4n) is 6.42. The van der Waals surface area contributed by atoms with Crippen LogP contribution in [0.15, 0.2) is 103 Å².